The van der Waals surface area contributed by atoms with E-state index < -0.39 is 0 Å². The van der Waals surface area contributed by atoms with Gasteiger partial charge in [0.15, 0.2) is 11.2 Å². The number of hydrazone groups is 1. The van der Waals surface area contributed by atoms with Gasteiger partial charge >= 0.3 is 5.69 Å². The molecule has 8 nitrogen and oxygen atoms in total. The van der Waals surface area contributed by atoms with Gasteiger partial charge in [0.05, 0.1) is 12.3 Å². The number of rotatable bonds is 4. The number of aryl methyl sites for hydroxylation is 1. The highest BCUT2D eigenvalue weighted by Gasteiger charge is 2.31. The Morgan fingerprint density at radius 1 is 1.08 bits per heavy atom. The summed E-state index contributed by atoms with van der Waals surface area (Å²) in [5.41, 5.74) is 1.07. The predicted molar refractivity (Wildman–Crippen MR) is 104 cm³/mol. The van der Waals surface area contributed by atoms with E-state index in [-0.39, 0.29) is 16.7 Å². The van der Waals surface area contributed by atoms with Gasteiger partial charge in [0, 0.05) is 26.1 Å². The molecule has 1 aliphatic heterocycles. The monoisotopic (exact) mass is 360 g/mol. The summed E-state index contributed by atoms with van der Waals surface area (Å²) in [5.74, 6) is 0.641. The van der Waals surface area contributed by atoms with Crippen molar-refractivity contribution in [2.45, 2.75) is 53.5 Å². The van der Waals surface area contributed by atoms with Crippen molar-refractivity contribution < 1.29 is 0 Å². The van der Waals surface area contributed by atoms with Gasteiger partial charge in [-0.05, 0) is 6.42 Å². The van der Waals surface area contributed by atoms with Crippen LogP contribution in [0.3, 0.4) is 0 Å². The van der Waals surface area contributed by atoms with Gasteiger partial charge in [-0.1, -0.05) is 40.5 Å². The molecule has 0 N–H and O–H groups in total. The van der Waals surface area contributed by atoms with Gasteiger partial charge in [-0.3, -0.25) is 18.5 Å². The van der Waals surface area contributed by atoms with Crippen LogP contribution >= 0.6 is 0 Å². The molecule has 0 saturated heterocycles. The Hall–Kier alpha value is -2.38. The Kier molecular flexibility index (Phi) is 4.54. The van der Waals surface area contributed by atoms with Crippen molar-refractivity contribution in [1.82, 2.24) is 18.7 Å². The maximum Gasteiger partial charge on any atom is 0.332 e. The van der Waals surface area contributed by atoms with E-state index in [1.54, 1.807) is 7.05 Å². The molecule has 0 aliphatic carbocycles. The lowest BCUT2D eigenvalue weighted by Crippen LogP contribution is -2.39. The normalized spacial score (nSPS) is 14.7. The molecule has 2 aromatic rings. The number of hydrogen-bond donors (Lipinski definition) is 0. The standard InChI is InChI=1S/C18H28N6O2/c1-7-8-9-10-24-16-19-14-13(15(25)22(6)17(26)21(14)5)23(16)11-12(20-24)18(2,3)4/h7-11H2,1-6H3. The molecule has 0 unspecified atom stereocenters. The molecule has 142 valence electrons. The van der Waals surface area contributed by atoms with E-state index in [2.05, 4.69) is 32.7 Å². The Bertz CT molecular complexity index is 986. The largest absolute Gasteiger partial charge is 0.332 e. The molecular formula is C18H28N6O2. The van der Waals surface area contributed by atoms with E-state index in [0.717, 1.165) is 36.1 Å². The fourth-order valence-electron chi connectivity index (χ4n) is 3.20. The number of fused-ring (bicyclic) bond motifs is 3. The van der Waals surface area contributed by atoms with Crippen LogP contribution in [0.25, 0.3) is 11.2 Å². The number of aromatic nitrogens is 4. The summed E-state index contributed by atoms with van der Waals surface area (Å²) in [6, 6.07) is 0. The third-order valence-electron chi connectivity index (χ3n) is 4.95. The molecule has 0 spiro atoms. The summed E-state index contributed by atoms with van der Waals surface area (Å²) in [5, 5.41) is 6.73. The first-order valence-corrected chi connectivity index (χ1v) is 9.18. The van der Waals surface area contributed by atoms with Gasteiger partial charge in [0.1, 0.15) is 0 Å². The molecule has 3 heterocycles. The van der Waals surface area contributed by atoms with Crippen molar-refractivity contribution in [2.75, 3.05) is 11.6 Å². The molecule has 1 aliphatic rings. The molecule has 0 radical (unpaired) electrons. The van der Waals surface area contributed by atoms with Crippen LogP contribution in [0.2, 0.25) is 0 Å². The highest BCUT2D eigenvalue weighted by molar-refractivity contribution is 5.93. The lowest BCUT2D eigenvalue weighted by Gasteiger charge is -2.31. The second-order valence-corrected chi connectivity index (χ2v) is 8.00. The highest BCUT2D eigenvalue weighted by atomic mass is 16.2. The van der Waals surface area contributed by atoms with Crippen LogP contribution in [0.5, 0.6) is 0 Å². The Morgan fingerprint density at radius 2 is 1.77 bits per heavy atom. The molecule has 0 saturated carbocycles. The van der Waals surface area contributed by atoms with Crippen molar-refractivity contribution in [3.8, 4) is 0 Å². The minimum absolute atomic E-state index is 0.122. The van der Waals surface area contributed by atoms with Gasteiger partial charge in [-0.15, -0.1) is 0 Å². The first-order chi connectivity index (χ1) is 12.2. The van der Waals surface area contributed by atoms with E-state index in [4.69, 9.17) is 5.10 Å². The first-order valence-electron chi connectivity index (χ1n) is 9.18. The molecule has 2 aromatic heterocycles. The third-order valence-corrected chi connectivity index (χ3v) is 4.95. The van der Waals surface area contributed by atoms with E-state index in [0.29, 0.717) is 23.7 Å². The van der Waals surface area contributed by atoms with Crippen LogP contribution in [0.4, 0.5) is 5.95 Å². The second kappa shape index (κ2) is 6.41. The van der Waals surface area contributed by atoms with Gasteiger partial charge in [-0.25, -0.2) is 9.80 Å². The van der Waals surface area contributed by atoms with Crippen molar-refractivity contribution in [3.63, 3.8) is 0 Å². The zero-order valence-corrected chi connectivity index (χ0v) is 16.5. The van der Waals surface area contributed by atoms with Crippen LogP contribution in [0, 0.1) is 5.41 Å². The average Bonchev–Trinajstić information content (AvgIpc) is 2.97. The molecule has 0 fully saturated rings. The molecular weight excluding hydrogens is 332 g/mol. The van der Waals surface area contributed by atoms with Crippen molar-refractivity contribution in [3.05, 3.63) is 20.8 Å². The topological polar surface area (TPSA) is 77.4 Å². The quantitative estimate of drug-likeness (QED) is 0.780. The fourth-order valence-corrected chi connectivity index (χ4v) is 3.20. The smallest absolute Gasteiger partial charge is 0.297 e. The molecule has 0 bridgehead atoms. The Labute approximate surface area is 152 Å². The maximum atomic E-state index is 12.8. The first kappa shape index (κ1) is 18.4. The SMILES string of the molecule is CCCCCN1N=C(C(C)(C)C)Cn2c1nc1c2c(=O)n(C)c(=O)n1C. The fraction of sp³-hybridized carbons (Fsp3) is 0.667. The minimum Gasteiger partial charge on any atom is -0.297 e. The number of imidazole rings is 1. The molecule has 26 heavy (non-hydrogen) atoms. The molecule has 8 heteroatoms. The summed E-state index contributed by atoms with van der Waals surface area (Å²) in [6.45, 7) is 9.77. The average molecular weight is 360 g/mol. The summed E-state index contributed by atoms with van der Waals surface area (Å²) in [4.78, 5) is 29.7. The lowest BCUT2D eigenvalue weighted by atomic mass is 9.89. The van der Waals surface area contributed by atoms with Crippen LogP contribution in [-0.2, 0) is 20.6 Å². The summed E-state index contributed by atoms with van der Waals surface area (Å²) >= 11 is 0. The minimum atomic E-state index is -0.368. The molecule has 0 amide bonds. The Balaban J connectivity index is 2.23. The number of nitrogens with zero attached hydrogens (tertiary/aromatic N) is 6. The number of unbranched alkanes of at least 4 members (excludes halogenated alkanes) is 2. The second-order valence-electron chi connectivity index (χ2n) is 8.00. The summed E-state index contributed by atoms with van der Waals surface area (Å²) in [7, 11) is 3.15. The zero-order chi connectivity index (χ0) is 19.2. The van der Waals surface area contributed by atoms with Crippen LogP contribution in [-0.4, -0.2) is 30.9 Å². The van der Waals surface area contributed by atoms with Gasteiger partial charge in [0.2, 0.25) is 5.95 Å². The van der Waals surface area contributed by atoms with Crippen LogP contribution in [0.15, 0.2) is 14.7 Å². The Morgan fingerprint density at radius 3 is 2.38 bits per heavy atom. The summed E-state index contributed by atoms with van der Waals surface area (Å²) < 4.78 is 4.49. The van der Waals surface area contributed by atoms with Crippen LogP contribution in [0.1, 0.15) is 47.0 Å². The van der Waals surface area contributed by atoms with E-state index in [1.165, 1.54) is 11.6 Å². The number of anilines is 1. The zero-order valence-electron chi connectivity index (χ0n) is 16.5. The lowest BCUT2D eigenvalue weighted by molar-refractivity contribution is 0.545. The molecule has 3 rings (SSSR count). The summed E-state index contributed by atoms with van der Waals surface area (Å²) in [6.07, 6.45) is 3.23. The van der Waals surface area contributed by atoms with Crippen LogP contribution < -0.4 is 16.3 Å². The van der Waals surface area contributed by atoms with Crippen molar-refractivity contribution in [2.24, 2.45) is 24.6 Å². The van der Waals surface area contributed by atoms with E-state index in [1.807, 2.05) is 9.58 Å². The third kappa shape index (κ3) is 2.87. The van der Waals surface area contributed by atoms with Gasteiger partial charge in [-0.2, -0.15) is 10.1 Å². The van der Waals surface area contributed by atoms with Crippen molar-refractivity contribution >= 4 is 22.8 Å². The van der Waals surface area contributed by atoms with Crippen molar-refractivity contribution in [1.29, 1.82) is 0 Å². The van der Waals surface area contributed by atoms with Gasteiger partial charge < -0.3 is 0 Å². The predicted octanol–water partition coefficient (Wildman–Crippen LogP) is 1.85. The molecule has 0 atom stereocenters. The molecule has 0 aromatic carbocycles. The van der Waals surface area contributed by atoms with Gasteiger partial charge in [0.25, 0.3) is 5.56 Å². The maximum absolute atomic E-state index is 12.8. The van der Waals surface area contributed by atoms with E-state index >= 15 is 0 Å². The number of hydrogen-bond acceptors (Lipinski definition) is 5. The highest BCUT2D eigenvalue weighted by Crippen LogP contribution is 2.29. The van der Waals surface area contributed by atoms with E-state index in [9.17, 15) is 9.59 Å².